The van der Waals surface area contributed by atoms with Crippen LogP contribution in [0.3, 0.4) is 0 Å². The molecule has 96 valence electrons. The van der Waals surface area contributed by atoms with Gasteiger partial charge in [-0.2, -0.15) is 0 Å². The SMILES string of the molecule is CNc1nc(N(C)Cc2cccs2)c(Cl)cc1Cl. The predicted octanol–water partition coefficient (Wildman–Crippen LogP) is 4.13. The second-order valence-electron chi connectivity index (χ2n) is 3.81. The Morgan fingerprint density at radius 2 is 2.17 bits per heavy atom. The molecule has 18 heavy (non-hydrogen) atoms. The Bertz CT molecular complexity index is 528. The summed E-state index contributed by atoms with van der Waals surface area (Å²) in [6, 6.07) is 5.83. The molecule has 0 aliphatic rings. The molecule has 0 aromatic carbocycles. The standard InChI is InChI=1S/C12H13Cl2N3S/c1-15-11-9(13)6-10(14)12(16-11)17(2)7-8-4-3-5-18-8/h3-6H,7H2,1-2H3,(H,15,16). The third-order valence-corrected chi connectivity index (χ3v) is 3.91. The molecule has 0 unspecified atom stereocenters. The topological polar surface area (TPSA) is 28.2 Å². The summed E-state index contributed by atoms with van der Waals surface area (Å²) < 4.78 is 0. The first-order valence-electron chi connectivity index (χ1n) is 5.39. The Hall–Kier alpha value is -0.970. The van der Waals surface area contributed by atoms with Crippen LogP contribution in [0.15, 0.2) is 23.6 Å². The lowest BCUT2D eigenvalue weighted by Crippen LogP contribution is -2.18. The highest BCUT2D eigenvalue weighted by molar-refractivity contribution is 7.09. The third kappa shape index (κ3) is 2.88. The Kier molecular flexibility index (Phi) is 4.32. The zero-order valence-electron chi connectivity index (χ0n) is 10.1. The minimum Gasteiger partial charge on any atom is -0.372 e. The van der Waals surface area contributed by atoms with Crippen molar-refractivity contribution in [3.8, 4) is 0 Å². The fraction of sp³-hybridized carbons (Fsp3) is 0.250. The van der Waals surface area contributed by atoms with Gasteiger partial charge < -0.3 is 10.2 Å². The van der Waals surface area contributed by atoms with E-state index in [1.165, 1.54) is 4.88 Å². The van der Waals surface area contributed by atoms with Crippen LogP contribution < -0.4 is 10.2 Å². The highest BCUT2D eigenvalue weighted by atomic mass is 35.5. The number of aromatic nitrogens is 1. The molecule has 0 amide bonds. The van der Waals surface area contributed by atoms with Gasteiger partial charge in [0, 0.05) is 19.0 Å². The van der Waals surface area contributed by atoms with E-state index in [1.807, 2.05) is 18.0 Å². The zero-order valence-corrected chi connectivity index (χ0v) is 12.4. The van der Waals surface area contributed by atoms with Gasteiger partial charge in [0.05, 0.1) is 16.6 Å². The van der Waals surface area contributed by atoms with Gasteiger partial charge in [0.2, 0.25) is 0 Å². The molecule has 2 heterocycles. The fourth-order valence-corrected chi connectivity index (χ4v) is 2.97. The van der Waals surface area contributed by atoms with E-state index in [2.05, 4.69) is 21.7 Å². The first-order valence-corrected chi connectivity index (χ1v) is 7.02. The number of rotatable bonds is 4. The first kappa shape index (κ1) is 13.5. The molecular formula is C12H13Cl2N3S. The van der Waals surface area contributed by atoms with E-state index in [-0.39, 0.29) is 0 Å². The molecule has 0 fully saturated rings. The molecular weight excluding hydrogens is 289 g/mol. The van der Waals surface area contributed by atoms with Gasteiger partial charge in [0.25, 0.3) is 0 Å². The highest BCUT2D eigenvalue weighted by Crippen LogP contribution is 2.31. The van der Waals surface area contributed by atoms with Gasteiger partial charge in [-0.05, 0) is 17.5 Å². The molecule has 0 radical (unpaired) electrons. The van der Waals surface area contributed by atoms with Gasteiger partial charge in [-0.1, -0.05) is 29.3 Å². The van der Waals surface area contributed by atoms with Gasteiger partial charge in [-0.3, -0.25) is 0 Å². The molecule has 3 nitrogen and oxygen atoms in total. The number of pyridine rings is 1. The average molecular weight is 302 g/mol. The molecule has 0 saturated carbocycles. The maximum atomic E-state index is 6.18. The molecule has 6 heteroatoms. The van der Waals surface area contributed by atoms with Gasteiger partial charge in [-0.15, -0.1) is 11.3 Å². The van der Waals surface area contributed by atoms with Crippen molar-refractivity contribution in [3.05, 3.63) is 38.5 Å². The smallest absolute Gasteiger partial charge is 0.150 e. The molecule has 0 aliphatic heterocycles. The van der Waals surface area contributed by atoms with Crippen LogP contribution in [-0.2, 0) is 6.54 Å². The van der Waals surface area contributed by atoms with E-state index in [0.717, 1.165) is 12.4 Å². The minimum absolute atomic E-state index is 0.524. The fourth-order valence-electron chi connectivity index (χ4n) is 1.61. The maximum Gasteiger partial charge on any atom is 0.150 e. The molecule has 0 atom stereocenters. The van der Waals surface area contributed by atoms with Crippen LogP contribution in [0.1, 0.15) is 4.88 Å². The van der Waals surface area contributed by atoms with Gasteiger partial charge >= 0.3 is 0 Å². The summed E-state index contributed by atoms with van der Waals surface area (Å²) in [5.41, 5.74) is 0. The van der Waals surface area contributed by atoms with E-state index >= 15 is 0 Å². The van der Waals surface area contributed by atoms with E-state index in [9.17, 15) is 0 Å². The zero-order chi connectivity index (χ0) is 13.1. The van der Waals surface area contributed by atoms with Crippen molar-refractivity contribution < 1.29 is 0 Å². The lowest BCUT2D eigenvalue weighted by Gasteiger charge is -2.19. The number of thiophene rings is 1. The lowest BCUT2D eigenvalue weighted by molar-refractivity contribution is 0.913. The molecule has 1 N–H and O–H groups in total. The average Bonchev–Trinajstić information content (AvgIpc) is 2.81. The van der Waals surface area contributed by atoms with Crippen molar-refractivity contribution >= 4 is 46.2 Å². The summed E-state index contributed by atoms with van der Waals surface area (Å²) in [5, 5.41) is 6.08. The minimum atomic E-state index is 0.524. The predicted molar refractivity (Wildman–Crippen MR) is 80.2 cm³/mol. The lowest BCUT2D eigenvalue weighted by atomic mass is 10.3. The largest absolute Gasteiger partial charge is 0.372 e. The number of anilines is 2. The summed E-state index contributed by atoms with van der Waals surface area (Å²) in [4.78, 5) is 7.69. The molecule has 0 aliphatic carbocycles. The second-order valence-corrected chi connectivity index (χ2v) is 5.66. The van der Waals surface area contributed by atoms with Gasteiger partial charge in [-0.25, -0.2) is 4.98 Å². The summed E-state index contributed by atoms with van der Waals surface area (Å²) >= 11 is 13.9. The Balaban J connectivity index is 2.26. The quantitative estimate of drug-likeness (QED) is 0.920. The number of hydrogen-bond donors (Lipinski definition) is 1. The summed E-state index contributed by atoms with van der Waals surface area (Å²) in [6.45, 7) is 0.773. The second kappa shape index (κ2) is 5.78. The van der Waals surface area contributed by atoms with Crippen LogP contribution in [0.4, 0.5) is 11.6 Å². The maximum absolute atomic E-state index is 6.18. The van der Waals surface area contributed by atoms with Crippen LogP contribution in [0.2, 0.25) is 10.0 Å². The van der Waals surface area contributed by atoms with E-state index in [1.54, 1.807) is 24.5 Å². The molecule has 2 aromatic heterocycles. The van der Waals surface area contributed by atoms with Crippen LogP contribution in [0.5, 0.6) is 0 Å². The van der Waals surface area contributed by atoms with Crippen molar-refractivity contribution in [2.75, 3.05) is 24.3 Å². The molecule has 0 saturated heterocycles. The van der Waals surface area contributed by atoms with Crippen molar-refractivity contribution in [2.45, 2.75) is 6.54 Å². The number of nitrogens with zero attached hydrogens (tertiary/aromatic N) is 2. The van der Waals surface area contributed by atoms with Gasteiger partial charge in [0.1, 0.15) is 11.6 Å². The van der Waals surface area contributed by atoms with E-state index in [0.29, 0.717) is 15.9 Å². The van der Waals surface area contributed by atoms with Crippen molar-refractivity contribution in [1.29, 1.82) is 0 Å². The number of hydrogen-bond acceptors (Lipinski definition) is 4. The number of halogens is 2. The van der Waals surface area contributed by atoms with Crippen LogP contribution >= 0.6 is 34.5 Å². The normalized spacial score (nSPS) is 10.4. The Labute approximate surface area is 120 Å². The number of nitrogens with one attached hydrogen (secondary N) is 1. The van der Waals surface area contributed by atoms with Crippen LogP contribution in [0, 0.1) is 0 Å². The monoisotopic (exact) mass is 301 g/mol. The summed E-state index contributed by atoms with van der Waals surface area (Å²) in [5.74, 6) is 1.35. The van der Waals surface area contributed by atoms with E-state index in [4.69, 9.17) is 23.2 Å². The first-order chi connectivity index (χ1) is 8.61. The van der Waals surface area contributed by atoms with E-state index < -0.39 is 0 Å². The van der Waals surface area contributed by atoms with Crippen LogP contribution in [0.25, 0.3) is 0 Å². The third-order valence-electron chi connectivity index (χ3n) is 2.48. The van der Waals surface area contributed by atoms with Crippen molar-refractivity contribution in [2.24, 2.45) is 0 Å². The highest BCUT2D eigenvalue weighted by Gasteiger charge is 2.12. The summed E-state index contributed by atoms with van der Waals surface area (Å²) in [7, 11) is 3.74. The van der Waals surface area contributed by atoms with Crippen LogP contribution in [-0.4, -0.2) is 19.1 Å². The Morgan fingerprint density at radius 3 is 2.78 bits per heavy atom. The molecule has 0 bridgehead atoms. The molecule has 2 aromatic rings. The van der Waals surface area contributed by atoms with Crippen molar-refractivity contribution in [3.63, 3.8) is 0 Å². The molecule has 0 spiro atoms. The van der Waals surface area contributed by atoms with Gasteiger partial charge in [0.15, 0.2) is 0 Å². The molecule has 2 rings (SSSR count). The van der Waals surface area contributed by atoms with Crippen molar-refractivity contribution in [1.82, 2.24) is 4.98 Å². The Morgan fingerprint density at radius 1 is 1.39 bits per heavy atom. The summed E-state index contributed by atoms with van der Waals surface area (Å²) in [6.07, 6.45) is 0.